The smallest absolute Gasteiger partial charge is 0.315 e. The van der Waals surface area contributed by atoms with Crippen molar-refractivity contribution in [1.29, 1.82) is 0 Å². The number of carbonyl (C=O) groups excluding carboxylic acids is 2. The third-order valence-corrected chi connectivity index (χ3v) is 5.23. The third-order valence-electron chi connectivity index (χ3n) is 4.84. The molecule has 144 valence electrons. The molecule has 1 aliphatic heterocycles. The lowest BCUT2D eigenvalue weighted by Gasteiger charge is -2.43. The summed E-state index contributed by atoms with van der Waals surface area (Å²) >= 11 is 6.62. The van der Waals surface area contributed by atoms with Crippen LogP contribution >= 0.6 is 11.6 Å². The summed E-state index contributed by atoms with van der Waals surface area (Å²) in [5, 5.41) is 0.294. The van der Waals surface area contributed by atoms with Crippen LogP contribution in [0.1, 0.15) is 42.9 Å². The summed E-state index contributed by atoms with van der Waals surface area (Å²) in [6, 6.07) is 4.73. The molecule has 0 radical (unpaired) electrons. The van der Waals surface area contributed by atoms with Gasteiger partial charge in [-0.15, -0.1) is 0 Å². The van der Waals surface area contributed by atoms with E-state index in [0.29, 0.717) is 35.1 Å². The molecule has 0 fully saturated rings. The highest BCUT2D eigenvalue weighted by Crippen LogP contribution is 2.47. The largest absolute Gasteiger partial charge is 0.366 e. The number of benzene rings is 1. The molecule has 0 saturated carbocycles. The van der Waals surface area contributed by atoms with Crippen molar-refractivity contribution in [3.8, 4) is 11.1 Å². The van der Waals surface area contributed by atoms with E-state index in [4.69, 9.17) is 23.1 Å². The Labute approximate surface area is 161 Å². The number of nitrogens with two attached hydrogens (primary N) is 2. The first kappa shape index (κ1) is 19.2. The fourth-order valence-electron chi connectivity index (χ4n) is 3.87. The summed E-state index contributed by atoms with van der Waals surface area (Å²) in [5.74, 6) is -1.14. The second kappa shape index (κ2) is 6.56. The fraction of sp³-hybridized carbons (Fsp3) is 0.368. The molecule has 1 unspecified atom stereocenters. The highest BCUT2D eigenvalue weighted by atomic mass is 35.5. The zero-order valence-electron chi connectivity index (χ0n) is 15.4. The fourth-order valence-corrected chi connectivity index (χ4v) is 4.25. The SMILES string of the molecule is CC(C)(C)C1c2c(C(N)=O)c(-c3cccc(F)c3)c(Cl)n2CCN1C(N)=O. The quantitative estimate of drug-likeness (QED) is 0.817. The number of aromatic nitrogens is 1. The molecule has 0 saturated heterocycles. The summed E-state index contributed by atoms with van der Waals surface area (Å²) in [6.07, 6.45) is 0. The first-order chi connectivity index (χ1) is 12.5. The van der Waals surface area contributed by atoms with Crippen LogP contribution in [0.5, 0.6) is 0 Å². The second-order valence-corrected chi connectivity index (χ2v) is 8.11. The van der Waals surface area contributed by atoms with Crippen LogP contribution < -0.4 is 11.5 Å². The van der Waals surface area contributed by atoms with Gasteiger partial charge in [0.15, 0.2) is 0 Å². The van der Waals surface area contributed by atoms with Gasteiger partial charge in [-0.2, -0.15) is 0 Å². The van der Waals surface area contributed by atoms with E-state index >= 15 is 0 Å². The number of fused-ring (bicyclic) bond motifs is 1. The van der Waals surface area contributed by atoms with Crippen molar-refractivity contribution in [1.82, 2.24) is 9.47 Å². The number of amides is 3. The second-order valence-electron chi connectivity index (χ2n) is 7.75. The van der Waals surface area contributed by atoms with E-state index in [0.717, 1.165) is 0 Å². The van der Waals surface area contributed by atoms with Gasteiger partial charge in [-0.05, 0) is 23.1 Å². The topological polar surface area (TPSA) is 94.3 Å². The van der Waals surface area contributed by atoms with E-state index in [9.17, 15) is 14.0 Å². The Morgan fingerprint density at radius 1 is 1.22 bits per heavy atom. The molecule has 0 aliphatic carbocycles. The van der Waals surface area contributed by atoms with Crippen LogP contribution in [-0.4, -0.2) is 28.0 Å². The molecule has 2 aromatic rings. The van der Waals surface area contributed by atoms with Crippen molar-refractivity contribution in [2.24, 2.45) is 16.9 Å². The van der Waals surface area contributed by atoms with Gasteiger partial charge in [0.25, 0.3) is 5.91 Å². The minimum Gasteiger partial charge on any atom is -0.366 e. The van der Waals surface area contributed by atoms with Gasteiger partial charge in [0.2, 0.25) is 0 Å². The summed E-state index contributed by atoms with van der Waals surface area (Å²) < 4.78 is 15.6. The van der Waals surface area contributed by atoms with Crippen molar-refractivity contribution >= 4 is 23.5 Å². The molecule has 1 aromatic carbocycles. The van der Waals surface area contributed by atoms with E-state index in [-0.39, 0.29) is 5.56 Å². The lowest BCUT2D eigenvalue weighted by Crippen LogP contribution is -2.49. The van der Waals surface area contributed by atoms with Crippen LogP contribution in [0.4, 0.5) is 9.18 Å². The van der Waals surface area contributed by atoms with E-state index < -0.39 is 29.2 Å². The van der Waals surface area contributed by atoms with Crippen molar-refractivity contribution in [3.05, 3.63) is 46.5 Å². The molecule has 27 heavy (non-hydrogen) atoms. The van der Waals surface area contributed by atoms with Crippen LogP contribution in [-0.2, 0) is 6.54 Å². The Bertz CT molecular complexity index is 933. The molecular weight excluding hydrogens is 371 g/mol. The zero-order valence-corrected chi connectivity index (χ0v) is 16.2. The highest BCUT2D eigenvalue weighted by Gasteiger charge is 2.43. The maximum atomic E-state index is 13.8. The lowest BCUT2D eigenvalue weighted by atomic mass is 9.81. The zero-order chi connectivity index (χ0) is 20.1. The van der Waals surface area contributed by atoms with E-state index in [1.54, 1.807) is 16.7 Å². The molecule has 4 N–H and O–H groups in total. The van der Waals surface area contributed by atoms with Gasteiger partial charge in [-0.1, -0.05) is 44.5 Å². The molecule has 1 aliphatic rings. The Kier molecular flexibility index (Phi) is 4.67. The number of hydrogen-bond acceptors (Lipinski definition) is 2. The van der Waals surface area contributed by atoms with Gasteiger partial charge >= 0.3 is 6.03 Å². The summed E-state index contributed by atoms with van der Waals surface area (Å²) in [6.45, 7) is 6.53. The number of primary amides is 2. The number of rotatable bonds is 2. The standard InChI is InChI=1S/C19H22ClFN4O2/c1-19(2,3)15-14-13(17(22)26)12(10-5-4-6-11(21)9-10)16(20)24(14)7-8-25(15)18(23)27/h4-6,9,15H,7-8H2,1-3H3,(H2,22,26)(H2,23,27). The third kappa shape index (κ3) is 3.16. The normalized spacial score (nSPS) is 16.9. The van der Waals surface area contributed by atoms with Crippen molar-refractivity contribution in [3.63, 3.8) is 0 Å². The predicted octanol–water partition coefficient (Wildman–Crippen LogP) is 3.53. The number of hydrogen-bond donors (Lipinski definition) is 2. The van der Waals surface area contributed by atoms with Crippen LogP contribution in [0, 0.1) is 11.2 Å². The summed E-state index contributed by atoms with van der Waals surface area (Å²) in [5.41, 5.74) is 12.4. The van der Waals surface area contributed by atoms with Crippen molar-refractivity contribution in [2.75, 3.05) is 6.54 Å². The molecular formula is C19H22ClFN4O2. The van der Waals surface area contributed by atoms with Gasteiger partial charge in [0.05, 0.1) is 17.3 Å². The van der Waals surface area contributed by atoms with Crippen molar-refractivity contribution < 1.29 is 14.0 Å². The minimum absolute atomic E-state index is 0.191. The maximum absolute atomic E-state index is 13.8. The Hall–Kier alpha value is -2.54. The first-order valence-electron chi connectivity index (χ1n) is 8.57. The van der Waals surface area contributed by atoms with E-state index in [1.165, 1.54) is 17.0 Å². The minimum atomic E-state index is -0.689. The first-order valence-corrected chi connectivity index (χ1v) is 8.95. The highest BCUT2D eigenvalue weighted by molar-refractivity contribution is 6.33. The summed E-state index contributed by atoms with van der Waals surface area (Å²) in [7, 11) is 0. The van der Waals surface area contributed by atoms with Gasteiger partial charge in [-0.3, -0.25) is 4.79 Å². The van der Waals surface area contributed by atoms with Gasteiger partial charge in [0.1, 0.15) is 11.0 Å². The number of urea groups is 1. The molecule has 1 aromatic heterocycles. The lowest BCUT2D eigenvalue weighted by molar-refractivity contribution is 0.0919. The average Bonchev–Trinajstić information content (AvgIpc) is 2.86. The van der Waals surface area contributed by atoms with E-state index in [1.807, 2.05) is 20.8 Å². The van der Waals surface area contributed by atoms with Gasteiger partial charge in [-0.25, -0.2) is 9.18 Å². The van der Waals surface area contributed by atoms with Gasteiger partial charge in [0, 0.05) is 18.7 Å². The summed E-state index contributed by atoms with van der Waals surface area (Å²) in [4.78, 5) is 26.0. The van der Waals surface area contributed by atoms with Crippen LogP contribution in [0.15, 0.2) is 24.3 Å². The molecule has 3 rings (SSSR count). The predicted molar refractivity (Wildman–Crippen MR) is 102 cm³/mol. The van der Waals surface area contributed by atoms with Crippen LogP contribution in [0.3, 0.4) is 0 Å². The van der Waals surface area contributed by atoms with Crippen molar-refractivity contribution in [2.45, 2.75) is 33.4 Å². The number of carbonyl (C=O) groups is 2. The van der Waals surface area contributed by atoms with E-state index in [2.05, 4.69) is 0 Å². The molecule has 0 spiro atoms. The molecule has 0 bridgehead atoms. The Morgan fingerprint density at radius 3 is 2.41 bits per heavy atom. The molecule has 3 amide bonds. The molecule has 6 nitrogen and oxygen atoms in total. The molecule has 1 atom stereocenters. The number of halogens is 2. The van der Waals surface area contributed by atoms with Crippen LogP contribution in [0.2, 0.25) is 5.15 Å². The number of nitrogens with zero attached hydrogens (tertiary/aromatic N) is 2. The molecule has 2 heterocycles. The molecule has 8 heteroatoms. The Balaban J connectivity index is 2.37. The maximum Gasteiger partial charge on any atom is 0.315 e. The Morgan fingerprint density at radius 2 is 1.89 bits per heavy atom. The van der Waals surface area contributed by atoms with Crippen LogP contribution in [0.25, 0.3) is 11.1 Å². The van der Waals surface area contributed by atoms with Gasteiger partial charge < -0.3 is 20.9 Å². The monoisotopic (exact) mass is 392 g/mol. The average molecular weight is 393 g/mol.